The van der Waals surface area contributed by atoms with Crippen LogP contribution in [0.1, 0.15) is 5.56 Å². The van der Waals surface area contributed by atoms with Gasteiger partial charge in [0.2, 0.25) is 0 Å². The summed E-state index contributed by atoms with van der Waals surface area (Å²) >= 11 is 12.1. The lowest BCUT2D eigenvalue weighted by atomic mass is 10.2. The van der Waals surface area contributed by atoms with Gasteiger partial charge in [0.1, 0.15) is 12.4 Å². The third kappa shape index (κ3) is 4.81. The standard InChI is InChI=1S/C16H17Cl2NO2/c1-20-9-10-21-13-7-5-12(6-8-13)11-19-15-4-2-3-14(17)16(15)18/h2-8,19H,9-11H2,1H3. The Morgan fingerprint density at radius 3 is 2.48 bits per heavy atom. The predicted molar refractivity (Wildman–Crippen MR) is 87.6 cm³/mol. The highest BCUT2D eigenvalue weighted by molar-refractivity contribution is 6.43. The highest BCUT2D eigenvalue weighted by Crippen LogP contribution is 2.29. The first-order chi connectivity index (χ1) is 10.2. The number of methoxy groups -OCH3 is 1. The van der Waals surface area contributed by atoms with Crippen LogP contribution in [0.2, 0.25) is 10.0 Å². The van der Waals surface area contributed by atoms with Gasteiger partial charge in [-0.25, -0.2) is 0 Å². The third-order valence-electron chi connectivity index (χ3n) is 2.91. The van der Waals surface area contributed by atoms with E-state index in [-0.39, 0.29) is 0 Å². The lowest BCUT2D eigenvalue weighted by Gasteiger charge is -2.10. The van der Waals surface area contributed by atoms with E-state index in [4.69, 9.17) is 32.7 Å². The molecule has 2 aromatic carbocycles. The summed E-state index contributed by atoms with van der Waals surface area (Å²) in [6.45, 7) is 1.79. The Kier molecular flexibility index (Phi) is 6.18. The van der Waals surface area contributed by atoms with Crippen LogP contribution >= 0.6 is 23.2 Å². The number of nitrogens with one attached hydrogen (secondary N) is 1. The molecule has 5 heteroatoms. The van der Waals surface area contributed by atoms with Crippen molar-refractivity contribution in [3.05, 3.63) is 58.1 Å². The summed E-state index contributed by atoms with van der Waals surface area (Å²) in [6, 6.07) is 13.4. The first kappa shape index (κ1) is 16.0. The van der Waals surface area contributed by atoms with Crippen LogP contribution in [0.15, 0.2) is 42.5 Å². The molecule has 0 fully saturated rings. The van der Waals surface area contributed by atoms with Gasteiger partial charge in [-0.1, -0.05) is 41.4 Å². The molecule has 3 nitrogen and oxygen atoms in total. The van der Waals surface area contributed by atoms with Gasteiger partial charge in [-0.3, -0.25) is 0 Å². The highest BCUT2D eigenvalue weighted by Gasteiger charge is 2.03. The number of ether oxygens (including phenoxy) is 2. The van der Waals surface area contributed by atoms with Crippen LogP contribution in [-0.2, 0) is 11.3 Å². The lowest BCUT2D eigenvalue weighted by molar-refractivity contribution is 0.146. The van der Waals surface area contributed by atoms with E-state index in [0.717, 1.165) is 17.0 Å². The number of anilines is 1. The van der Waals surface area contributed by atoms with E-state index < -0.39 is 0 Å². The molecular weight excluding hydrogens is 309 g/mol. The molecule has 2 rings (SSSR count). The minimum Gasteiger partial charge on any atom is -0.491 e. The Morgan fingerprint density at radius 1 is 1.00 bits per heavy atom. The Balaban J connectivity index is 1.90. The molecule has 21 heavy (non-hydrogen) atoms. The number of benzene rings is 2. The van der Waals surface area contributed by atoms with Gasteiger partial charge in [0.25, 0.3) is 0 Å². The minimum absolute atomic E-state index is 0.540. The SMILES string of the molecule is COCCOc1ccc(CNc2cccc(Cl)c2Cl)cc1. The molecule has 0 aromatic heterocycles. The summed E-state index contributed by atoms with van der Waals surface area (Å²) < 4.78 is 10.5. The van der Waals surface area contributed by atoms with E-state index in [1.54, 1.807) is 13.2 Å². The fraction of sp³-hybridized carbons (Fsp3) is 0.250. The Morgan fingerprint density at radius 2 is 1.76 bits per heavy atom. The van der Waals surface area contributed by atoms with Crippen molar-refractivity contribution in [1.82, 2.24) is 0 Å². The van der Waals surface area contributed by atoms with E-state index in [1.807, 2.05) is 36.4 Å². The van der Waals surface area contributed by atoms with Gasteiger partial charge < -0.3 is 14.8 Å². The molecule has 112 valence electrons. The summed E-state index contributed by atoms with van der Waals surface area (Å²) in [5.41, 5.74) is 1.95. The third-order valence-corrected chi connectivity index (χ3v) is 3.73. The van der Waals surface area contributed by atoms with Crippen LogP contribution in [0, 0.1) is 0 Å². The smallest absolute Gasteiger partial charge is 0.119 e. The minimum atomic E-state index is 0.540. The second-order valence-electron chi connectivity index (χ2n) is 4.44. The molecule has 0 saturated carbocycles. The topological polar surface area (TPSA) is 30.5 Å². The van der Waals surface area contributed by atoms with Crippen molar-refractivity contribution in [3.8, 4) is 5.75 Å². The van der Waals surface area contributed by atoms with Crippen molar-refractivity contribution in [2.45, 2.75) is 6.54 Å². The zero-order valence-corrected chi connectivity index (χ0v) is 13.2. The summed E-state index contributed by atoms with van der Waals surface area (Å²) in [5, 5.41) is 4.35. The normalized spacial score (nSPS) is 10.4. The number of hydrogen-bond acceptors (Lipinski definition) is 3. The zero-order valence-electron chi connectivity index (χ0n) is 11.7. The van der Waals surface area contributed by atoms with Gasteiger partial charge in [-0.05, 0) is 29.8 Å². The van der Waals surface area contributed by atoms with Gasteiger partial charge in [0.15, 0.2) is 0 Å². The predicted octanol–water partition coefficient (Wildman–Crippen LogP) is 4.63. The van der Waals surface area contributed by atoms with Crippen molar-refractivity contribution >= 4 is 28.9 Å². The molecule has 0 amide bonds. The van der Waals surface area contributed by atoms with Crippen LogP contribution in [0.3, 0.4) is 0 Å². The first-order valence-electron chi connectivity index (χ1n) is 6.59. The fourth-order valence-electron chi connectivity index (χ4n) is 1.78. The van der Waals surface area contributed by atoms with Crippen molar-refractivity contribution in [2.24, 2.45) is 0 Å². The van der Waals surface area contributed by atoms with Crippen LogP contribution in [-0.4, -0.2) is 20.3 Å². The van der Waals surface area contributed by atoms with Gasteiger partial charge in [0, 0.05) is 13.7 Å². The Labute approximate surface area is 134 Å². The van der Waals surface area contributed by atoms with Gasteiger partial charge in [-0.2, -0.15) is 0 Å². The maximum Gasteiger partial charge on any atom is 0.119 e. The van der Waals surface area contributed by atoms with Crippen molar-refractivity contribution < 1.29 is 9.47 Å². The monoisotopic (exact) mass is 325 g/mol. The second-order valence-corrected chi connectivity index (χ2v) is 5.23. The van der Waals surface area contributed by atoms with E-state index >= 15 is 0 Å². The molecule has 0 unspecified atom stereocenters. The van der Waals surface area contributed by atoms with Crippen LogP contribution < -0.4 is 10.1 Å². The number of halogens is 2. The maximum absolute atomic E-state index is 6.13. The van der Waals surface area contributed by atoms with Crippen LogP contribution in [0.4, 0.5) is 5.69 Å². The van der Waals surface area contributed by atoms with E-state index in [0.29, 0.717) is 29.8 Å². The molecule has 0 aliphatic carbocycles. The molecule has 2 aromatic rings. The maximum atomic E-state index is 6.13. The molecule has 0 aliphatic heterocycles. The average molecular weight is 326 g/mol. The van der Waals surface area contributed by atoms with Gasteiger partial charge in [0.05, 0.1) is 22.3 Å². The van der Waals surface area contributed by atoms with Gasteiger partial charge >= 0.3 is 0 Å². The van der Waals surface area contributed by atoms with Crippen molar-refractivity contribution in [2.75, 3.05) is 25.6 Å². The molecule has 0 atom stereocenters. The van der Waals surface area contributed by atoms with E-state index in [9.17, 15) is 0 Å². The number of hydrogen-bond donors (Lipinski definition) is 1. The molecule has 1 N–H and O–H groups in total. The summed E-state index contributed by atoms with van der Waals surface area (Å²) in [6.07, 6.45) is 0. The molecule has 0 heterocycles. The second kappa shape index (κ2) is 8.13. The zero-order chi connectivity index (χ0) is 15.1. The highest BCUT2D eigenvalue weighted by atomic mass is 35.5. The van der Waals surface area contributed by atoms with E-state index in [1.165, 1.54) is 0 Å². The largest absolute Gasteiger partial charge is 0.491 e. The molecule has 0 radical (unpaired) electrons. The van der Waals surface area contributed by atoms with E-state index in [2.05, 4.69) is 5.32 Å². The van der Waals surface area contributed by atoms with Crippen LogP contribution in [0.5, 0.6) is 5.75 Å². The van der Waals surface area contributed by atoms with Gasteiger partial charge in [-0.15, -0.1) is 0 Å². The van der Waals surface area contributed by atoms with Crippen LogP contribution in [0.25, 0.3) is 0 Å². The average Bonchev–Trinajstić information content (AvgIpc) is 2.50. The summed E-state index contributed by atoms with van der Waals surface area (Å²) in [4.78, 5) is 0. The Hall–Kier alpha value is -1.42. The first-order valence-corrected chi connectivity index (χ1v) is 7.35. The quantitative estimate of drug-likeness (QED) is 0.753. The summed E-state index contributed by atoms with van der Waals surface area (Å²) in [7, 11) is 1.65. The Bertz CT molecular complexity index is 573. The van der Waals surface area contributed by atoms with Crippen molar-refractivity contribution in [1.29, 1.82) is 0 Å². The summed E-state index contributed by atoms with van der Waals surface area (Å²) in [5.74, 6) is 0.830. The molecule has 0 spiro atoms. The number of rotatable bonds is 7. The molecule has 0 aliphatic rings. The molecular formula is C16H17Cl2NO2. The van der Waals surface area contributed by atoms with Crippen molar-refractivity contribution in [3.63, 3.8) is 0 Å². The molecule has 0 saturated heterocycles. The lowest BCUT2D eigenvalue weighted by Crippen LogP contribution is -2.04. The fourth-order valence-corrected chi connectivity index (χ4v) is 2.15. The molecule has 0 bridgehead atoms.